The average molecular weight is 552 g/mol. The molecular weight excluding hydrogens is 526 g/mol. The number of carbonyl (C=O) groups excluding carboxylic acids is 1. The van der Waals surface area contributed by atoms with Crippen molar-refractivity contribution in [1.29, 1.82) is 0 Å². The van der Waals surface area contributed by atoms with E-state index in [9.17, 15) is 21.6 Å². The lowest BCUT2D eigenvalue weighted by Crippen LogP contribution is -2.46. The van der Waals surface area contributed by atoms with Crippen molar-refractivity contribution in [2.75, 3.05) is 13.7 Å². The number of nitrogens with one attached hydrogen (secondary N) is 2. The molecule has 1 amide bonds. The van der Waals surface area contributed by atoms with Crippen LogP contribution in [0, 0.1) is 0 Å². The molecule has 0 bridgehead atoms. The van der Waals surface area contributed by atoms with Crippen LogP contribution in [-0.4, -0.2) is 52.4 Å². The molecule has 1 fully saturated rings. The number of hydrogen-bond donors (Lipinski definition) is 3. The Morgan fingerprint density at radius 3 is 2.42 bits per heavy atom. The van der Waals surface area contributed by atoms with E-state index in [4.69, 9.17) is 9.47 Å². The fourth-order valence-electron chi connectivity index (χ4n) is 3.82. The Balaban J connectivity index is 1.41. The summed E-state index contributed by atoms with van der Waals surface area (Å²) in [5.41, 5.74) is 2.45. The number of sulfonamides is 2. The van der Waals surface area contributed by atoms with E-state index in [1.54, 1.807) is 42.5 Å². The number of hydrazine groups is 1. The number of nitrogens with zero attached hydrogens (tertiary/aromatic N) is 1. The highest BCUT2D eigenvalue weighted by molar-refractivity contribution is 7.89. The van der Waals surface area contributed by atoms with Gasteiger partial charge in [-0.3, -0.25) is 0 Å². The van der Waals surface area contributed by atoms with Crippen molar-refractivity contribution < 1.29 is 31.1 Å². The van der Waals surface area contributed by atoms with Crippen LogP contribution < -0.4 is 15.0 Å². The van der Waals surface area contributed by atoms with Crippen LogP contribution in [0.2, 0.25) is 0 Å². The molecule has 2 atom stereocenters. The Hall–Kier alpha value is -2.84. The topological polar surface area (TPSA) is 131 Å². The lowest BCUT2D eigenvalue weighted by atomic mass is 10.1. The van der Waals surface area contributed by atoms with Crippen LogP contribution >= 0.6 is 12.6 Å². The second-order valence-electron chi connectivity index (χ2n) is 8.17. The van der Waals surface area contributed by atoms with Crippen LogP contribution in [0.5, 0.6) is 5.75 Å². The van der Waals surface area contributed by atoms with Crippen LogP contribution in [0.1, 0.15) is 12.0 Å². The fraction of sp³-hybridized carbons (Fsp3) is 0.261. The normalized spacial score (nSPS) is 18.7. The second kappa shape index (κ2) is 10.6. The van der Waals surface area contributed by atoms with Crippen molar-refractivity contribution >= 4 is 49.5 Å². The molecule has 0 unspecified atom stereocenters. The number of hydrogen-bond acceptors (Lipinski definition) is 8. The standard InChI is InChI=1S/C23H25N3O7S3/c1-32-19-9-6-16(7-10-19)15-35(28,29)25-24-23(27)33-22-13-20(34)14-26(22)36(30,31)21-11-8-17-4-2-3-5-18(17)12-21/h2-12,20,22,25,34H,13-15H2,1H3,(H,24,27)/t20-,22+/m1/s1. The Morgan fingerprint density at radius 2 is 1.72 bits per heavy atom. The number of fused-ring (bicyclic) bond motifs is 1. The highest BCUT2D eigenvalue weighted by Gasteiger charge is 2.41. The molecule has 3 aromatic rings. The molecule has 0 aliphatic carbocycles. The largest absolute Gasteiger partial charge is 0.497 e. The summed E-state index contributed by atoms with van der Waals surface area (Å²) in [6, 6.07) is 18.5. The summed E-state index contributed by atoms with van der Waals surface area (Å²) in [7, 11) is -6.47. The first-order valence-electron chi connectivity index (χ1n) is 10.9. The number of benzene rings is 3. The molecule has 10 nitrogen and oxygen atoms in total. The summed E-state index contributed by atoms with van der Waals surface area (Å²) in [5.74, 6) is 0.176. The maximum absolute atomic E-state index is 13.3. The minimum atomic E-state index is -4.02. The molecule has 2 N–H and O–H groups in total. The highest BCUT2D eigenvalue weighted by atomic mass is 32.2. The van der Waals surface area contributed by atoms with E-state index >= 15 is 0 Å². The van der Waals surface area contributed by atoms with Gasteiger partial charge >= 0.3 is 6.09 Å². The van der Waals surface area contributed by atoms with Gasteiger partial charge in [-0.2, -0.15) is 16.9 Å². The monoisotopic (exact) mass is 551 g/mol. The maximum atomic E-state index is 13.3. The minimum Gasteiger partial charge on any atom is -0.497 e. The van der Waals surface area contributed by atoms with Gasteiger partial charge in [0.1, 0.15) is 5.75 Å². The number of ether oxygens (including phenoxy) is 2. The zero-order valence-corrected chi connectivity index (χ0v) is 21.7. The Bertz CT molecular complexity index is 1460. The smallest absolute Gasteiger partial charge is 0.424 e. The predicted molar refractivity (Wildman–Crippen MR) is 137 cm³/mol. The van der Waals surface area contributed by atoms with E-state index in [1.165, 1.54) is 13.2 Å². The van der Waals surface area contributed by atoms with Gasteiger partial charge in [-0.25, -0.2) is 27.1 Å². The molecule has 0 radical (unpaired) electrons. The van der Waals surface area contributed by atoms with Gasteiger partial charge in [0.15, 0.2) is 6.23 Å². The number of carbonyl (C=O) groups is 1. The van der Waals surface area contributed by atoms with E-state index in [1.807, 2.05) is 28.5 Å². The van der Waals surface area contributed by atoms with Gasteiger partial charge in [0.2, 0.25) is 20.0 Å². The second-order valence-corrected chi connectivity index (χ2v) is 12.5. The number of amides is 1. The molecule has 192 valence electrons. The van der Waals surface area contributed by atoms with E-state index in [2.05, 4.69) is 12.6 Å². The molecule has 36 heavy (non-hydrogen) atoms. The third-order valence-corrected chi connectivity index (χ3v) is 8.93. The van der Waals surface area contributed by atoms with Crippen LogP contribution in [-0.2, 0) is 30.5 Å². The molecule has 0 spiro atoms. The molecule has 1 aliphatic heterocycles. The molecule has 0 aromatic heterocycles. The average Bonchev–Trinajstić information content (AvgIpc) is 3.23. The molecule has 1 aliphatic rings. The van der Waals surface area contributed by atoms with Crippen molar-refractivity contribution in [1.82, 2.24) is 14.6 Å². The lowest BCUT2D eigenvalue weighted by molar-refractivity contribution is 0.0512. The Morgan fingerprint density at radius 1 is 1.03 bits per heavy atom. The first-order chi connectivity index (χ1) is 17.1. The Kier molecular flexibility index (Phi) is 7.76. The van der Waals surface area contributed by atoms with E-state index in [-0.39, 0.29) is 23.1 Å². The zero-order valence-electron chi connectivity index (χ0n) is 19.2. The molecule has 13 heteroatoms. The van der Waals surface area contributed by atoms with Gasteiger partial charge in [0.05, 0.1) is 17.8 Å². The van der Waals surface area contributed by atoms with Crippen molar-refractivity contribution in [2.45, 2.75) is 28.5 Å². The fourth-order valence-corrected chi connectivity index (χ4v) is 6.83. The predicted octanol–water partition coefficient (Wildman–Crippen LogP) is 2.63. The van der Waals surface area contributed by atoms with Gasteiger partial charge in [-0.05, 0) is 40.6 Å². The number of methoxy groups -OCH3 is 1. The SMILES string of the molecule is COc1ccc(CS(=O)(=O)NNC(=O)O[C@H]2C[C@@H](S)CN2S(=O)(=O)c2ccc3ccccc3c2)cc1. The summed E-state index contributed by atoms with van der Waals surface area (Å²) in [6.07, 6.45) is -2.16. The van der Waals surface area contributed by atoms with Gasteiger partial charge in [0.25, 0.3) is 0 Å². The van der Waals surface area contributed by atoms with Crippen LogP contribution in [0.4, 0.5) is 4.79 Å². The number of thiol groups is 1. The summed E-state index contributed by atoms with van der Waals surface area (Å²) >= 11 is 4.37. The van der Waals surface area contributed by atoms with Crippen LogP contribution in [0.3, 0.4) is 0 Å². The number of rotatable bonds is 8. The summed E-state index contributed by atoms with van der Waals surface area (Å²) in [6.45, 7) is 0.0272. The first-order valence-corrected chi connectivity index (χ1v) is 14.5. The van der Waals surface area contributed by atoms with E-state index in [0.29, 0.717) is 11.3 Å². The van der Waals surface area contributed by atoms with E-state index < -0.39 is 38.1 Å². The van der Waals surface area contributed by atoms with Crippen molar-refractivity contribution in [2.24, 2.45) is 0 Å². The third-order valence-electron chi connectivity index (χ3n) is 5.58. The molecule has 3 aromatic carbocycles. The highest BCUT2D eigenvalue weighted by Crippen LogP contribution is 2.30. The van der Waals surface area contributed by atoms with Crippen molar-refractivity contribution in [3.05, 3.63) is 72.3 Å². The van der Waals surface area contributed by atoms with Gasteiger partial charge in [0, 0.05) is 18.2 Å². The Labute approximate surface area is 215 Å². The van der Waals surface area contributed by atoms with Gasteiger partial charge < -0.3 is 9.47 Å². The minimum absolute atomic E-state index is 0.0272. The summed E-state index contributed by atoms with van der Waals surface area (Å²) in [4.78, 5) is 14.4. The molecule has 1 saturated heterocycles. The van der Waals surface area contributed by atoms with Crippen molar-refractivity contribution in [3.63, 3.8) is 0 Å². The first kappa shape index (κ1) is 26.2. The summed E-state index contributed by atoms with van der Waals surface area (Å²) in [5, 5.41) is 1.27. The van der Waals surface area contributed by atoms with Gasteiger partial charge in [-0.1, -0.05) is 42.5 Å². The molecule has 4 rings (SSSR count). The summed E-state index contributed by atoms with van der Waals surface area (Å²) < 4.78 is 62.7. The van der Waals surface area contributed by atoms with Crippen molar-refractivity contribution in [3.8, 4) is 5.75 Å². The lowest BCUT2D eigenvalue weighted by Gasteiger charge is -2.24. The van der Waals surface area contributed by atoms with Crippen LogP contribution in [0.15, 0.2) is 71.6 Å². The molecule has 1 heterocycles. The molecular formula is C23H25N3O7S3. The van der Waals surface area contributed by atoms with Gasteiger partial charge in [-0.15, -0.1) is 4.83 Å². The maximum Gasteiger partial charge on any atom is 0.424 e. The van der Waals surface area contributed by atoms with E-state index in [0.717, 1.165) is 15.1 Å². The quantitative estimate of drug-likeness (QED) is 0.290. The zero-order chi connectivity index (χ0) is 25.9. The molecule has 0 saturated carbocycles. The third kappa shape index (κ3) is 6.10. The van der Waals surface area contributed by atoms with Crippen LogP contribution in [0.25, 0.3) is 10.8 Å².